The van der Waals surface area contributed by atoms with E-state index in [0.29, 0.717) is 0 Å². The van der Waals surface area contributed by atoms with Crippen LogP contribution in [0.15, 0.2) is 121 Å². The van der Waals surface area contributed by atoms with E-state index in [-0.39, 0.29) is 41.5 Å². The van der Waals surface area contributed by atoms with Crippen molar-refractivity contribution in [2.45, 2.75) is 19.8 Å². The third kappa shape index (κ3) is 14.6. The van der Waals surface area contributed by atoms with Gasteiger partial charge in [-0.3, -0.25) is 0 Å². The molecule has 0 bridgehead atoms. The Morgan fingerprint density at radius 3 is 0.833 bits per heavy atom. The fourth-order valence-corrected chi connectivity index (χ4v) is 2.07. The zero-order valence-electron chi connectivity index (χ0n) is 17.0. The maximum absolute atomic E-state index is 8.54. The number of hydrogen-bond acceptors (Lipinski definition) is 3. The molecule has 3 N–H and O–H groups in total. The van der Waals surface area contributed by atoms with Gasteiger partial charge in [-0.2, -0.15) is 18.2 Å². The SMILES string of the molecule is OCc1ccccc1.OCc1ccccc1.OCc1ccccc1.[Ti].c1cc[cH-]c1. The summed E-state index contributed by atoms with van der Waals surface area (Å²) in [5.74, 6) is 0. The molecule has 0 aromatic heterocycles. The Morgan fingerprint density at radius 1 is 0.433 bits per heavy atom. The Bertz CT molecular complexity index is 694. The summed E-state index contributed by atoms with van der Waals surface area (Å²) in [6.07, 6.45) is 0. The predicted octanol–water partition coefficient (Wildman–Crippen LogP) is 4.94. The molecule has 0 aliphatic heterocycles. The maximum atomic E-state index is 8.54. The molecular weight excluding hydrogens is 408 g/mol. The van der Waals surface area contributed by atoms with Crippen LogP contribution in [0.5, 0.6) is 0 Å². The number of rotatable bonds is 3. The van der Waals surface area contributed by atoms with Crippen molar-refractivity contribution in [3.63, 3.8) is 0 Å². The van der Waals surface area contributed by atoms with E-state index in [2.05, 4.69) is 0 Å². The van der Waals surface area contributed by atoms with Gasteiger partial charge in [0.2, 0.25) is 0 Å². The van der Waals surface area contributed by atoms with Crippen molar-refractivity contribution >= 4 is 0 Å². The van der Waals surface area contributed by atoms with E-state index >= 15 is 0 Å². The Balaban J connectivity index is 0.000000374. The van der Waals surface area contributed by atoms with Crippen LogP contribution in [0.2, 0.25) is 0 Å². The van der Waals surface area contributed by atoms with Gasteiger partial charge in [0.25, 0.3) is 0 Å². The fraction of sp³-hybridized carbons (Fsp3) is 0.115. The van der Waals surface area contributed by atoms with Crippen molar-refractivity contribution in [3.05, 3.63) is 138 Å². The van der Waals surface area contributed by atoms with Gasteiger partial charge in [0.1, 0.15) is 0 Å². The average molecular weight is 437 g/mol. The van der Waals surface area contributed by atoms with Crippen molar-refractivity contribution in [1.82, 2.24) is 0 Å². The van der Waals surface area contributed by atoms with Gasteiger partial charge in [-0.1, -0.05) is 91.0 Å². The molecule has 4 heteroatoms. The molecule has 0 atom stereocenters. The molecule has 0 radical (unpaired) electrons. The monoisotopic (exact) mass is 437 g/mol. The van der Waals surface area contributed by atoms with Gasteiger partial charge in [0.05, 0.1) is 19.8 Å². The molecule has 3 nitrogen and oxygen atoms in total. The molecule has 0 spiro atoms. The number of aliphatic hydroxyl groups is 3. The first kappa shape index (κ1) is 27.6. The molecule has 4 rings (SSSR count). The summed E-state index contributed by atoms with van der Waals surface area (Å²) in [6.45, 7) is 0.419. The molecule has 0 amide bonds. The second kappa shape index (κ2) is 19.9. The van der Waals surface area contributed by atoms with E-state index in [9.17, 15) is 0 Å². The molecular formula is C26H29O3Ti-. The van der Waals surface area contributed by atoms with Crippen LogP contribution in [0, 0.1) is 0 Å². The first-order valence-corrected chi connectivity index (χ1v) is 9.41. The van der Waals surface area contributed by atoms with E-state index in [1.165, 1.54) is 0 Å². The van der Waals surface area contributed by atoms with Crippen molar-refractivity contribution in [2.24, 2.45) is 0 Å². The van der Waals surface area contributed by atoms with Crippen molar-refractivity contribution < 1.29 is 37.0 Å². The zero-order valence-corrected chi connectivity index (χ0v) is 18.6. The van der Waals surface area contributed by atoms with Gasteiger partial charge in [-0.15, -0.1) is 0 Å². The van der Waals surface area contributed by atoms with Crippen LogP contribution in [0.1, 0.15) is 16.7 Å². The predicted molar refractivity (Wildman–Crippen MR) is 119 cm³/mol. The largest absolute Gasteiger partial charge is 0.392 e. The van der Waals surface area contributed by atoms with E-state index in [4.69, 9.17) is 15.3 Å². The number of hydrogen-bond donors (Lipinski definition) is 3. The minimum atomic E-state index is 0. The van der Waals surface area contributed by atoms with Crippen LogP contribution in [0.4, 0.5) is 0 Å². The minimum Gasteiger partial charge on any atom is -0.392 e. The van der Waals surface area contributed by atoms with Gasteiger partial charge in [-0.25, -0.2) is 12.1 Å². The second-order valence-electron chi connectivity index (χ2n) is 5.89. The molecule has 4 aromatic carbocycles. The molecule has 0 unspecified atom stereocenters. The molecule has 0 fully saturated rings. The Hall–Kier alpha value is -2.40. The fourth-order valence-electron chi connectivity index (χ4n) is 2.07. The summed E-state index contributed by atoms with van der Waals surface area (Å²) in [7, 11) is 0. The second-order valence-corrected chi connectivity index (χ2v) is 5.89. The molecule has 0 saturated heterocycles. The third-order valence-corrected chi connectivity index (χ3v) is 3.63. The summed E-state index contributed by atoms with van der Waals surface area (Å²) in [5, 5.41) is 25.6. The number of aliphatic hydroxyl groups excluding tert-OH is 3. The maximum Gasteiger partial charge on any atom is 0.0681 e. The average Bonchev–Trinajstić information content (AvgIpc) is 3.42. The van der Waals surface area contributed by atoms with Crippen LogP contribution in [0.3, 0.4) is 0 Å². The molecule has 0 saturated carbocycles. The van der Waals surface area contributed by atoms with Gasteiger partial charge < -0.3 is 15.3 Å². The summed E-state index contributed by atoms with van der Waals surface area (Å²) in [4.78, 5) is 0. The minimum absolute atomic E-state index is 0. The quantitative estimate of drug-likeness (QED) is 0.314. The molecule has 0 aliphatic rings. The molecule has 4 aromatic rings. The smallest absolute Gasteiger partial charge is 0.0681 e. The summed E-state index contributed by atoms with van der Waals surface area (Å²) >= 11 is 0. The van der Waals surface area contributed by atoms with Crippen LogP contribution in [-0.2, 0) is 41.5 Å². The van der Waals surface area contributed by atoms with Crippen molar-refractivity contribution in [2.75, 3.05) is 0 Å². The Labute approximate surface area is 194 Å². The number of benzene rings is 3. The Kier molecular flexibility index (Phi) is 18.3. The van der Waals surface area contributed by atoms with Gasteiger partial charge >= 0.3 is 0 Å². The van der Waals surface area contributed by atoms with Gasteiger partial charge in [0, 0.05) is 21.7 Å². The third-order valence-electron chi connectivity index (χ3n) is 3.63. The molecule has 0 heterocycles. The molecule has 156 valence electrons. The molecule has 30 heavy (non-hydrogen) atoms. The van der Waals surface area contributed by atoms with Crippen LogP contribution in [0.25, 0.3) is 0 Å². The first-order chi connectivity index (χ1) is 14.3. The molecule has 0 aliphatic carbocycles. The zero-order chi connectivity index (χ0) is 21.0. The van der Waals surface area contributed by atoms with E-state index < -0.39 is 0 Å². The normalized spacial score (nSPS) is 8.63. The van der Waals surface area contributed by atoms with Gasteiger partial charge in [0.15, 0.2) is 0 Å². The van der Waals surface area contributed by atoms with Crippen molar-refractivity contribution in [1.29, 1.82) is 0 Å². The van der Waals surface area contributed by atoms with Crippen LogP contribution >= 0.6 is 0 Å². The Morgan fingerprint density at radius 2 is 0.700 bits per heavy atom. The topological polar surface area (TPSA) is 60.7 Å². The van der Waals surface area contributed by atoms with Crippen molar-refractivity contribution in [3.8, 4) is 0 Å². The van der Waals surface area contributed by atoms with E-state index in [1.807, 2.05) is 121 Å². The van der Waals surface area contributed by atoms with Crippen LogP contribution < -0.4 is 0 Å². The summed E-state index contributed by atoms with van der Waals surface area (Å²) < 4.78 is 0. The first-order valence-electron chi connectivity index (χ1n) is 9.41. The van der Waals surface area contributed by atoms with Crippen LogP contribution in [-0.4, -0.2) is 15.3 Å². The van der Waals surface area contributed by atoms with E-state index in [0.717, 1.165) is 16.7 Å². The summed E-state index contributed by atoms with van der Waals surface area (Å²) in [6, 6.07) is 38.6. The summed E-state index contributed by atoms with van der Waals surface area (Å²) in [5.41, 5.74) is 2.90. The van der Waals surface area contributed by atoms with E-state index in [1.54, 1.807) is 0 Å². The standard InChI is InChI=1S/3C7H8O.C5H5.Ti/c3*8-6-7-4-2-1-3-5-7;1-2-4-5-3-1;/h3*1-5,8H,6H2;1-5H;/q;;;-1;. The van der Waals surface area contributed by atoms with Gasteiger partial charge in [-0.05, 0) is 16.7 Å².